The maximum atomic E-state index is 4.75. The van der Waals surface area contributed by atoms with Gasteiger partial charge >= 0.3 is 0 Å². The van der Waals surface area contributed by atoms with Gasteiger partial charge in [0.15, 0.2) is 5.17 Å². The number of aliphatic imine (C=N–C) groups is 1. The quantitative estimate of drug-likeness (QED) is 0.764. The molecular formula is C13H24N2S. The van der Waals surface area contributed by atoms with Gasteiger partial charge in [-0.2, -0.15) is 0 Å². The van der Waals surface area contributed by atoms with E-state index in [0.29, 0.717) is 5.41 Å². The molecule has 0 bridgehead atoms. The number of rotatable bonds is 3. The Morgan fingerprint density at radius 3 is 2.75 bits per heavy atom. The first-order valence-electron chi connectivity index (χ1n) is 6.76. The largest absolute Gasteiger partial charge is 0.365 e. The van der Waals surface area contributed by atoms with Gasteiger partial charge in [-0.3, -0.25) is 4.99 Å². The van der Waals surface area contributed by atoms with Gasteiger partial charge in [0.1, 0.15) is 0 Å². The number of nitrogens with zero attached hydrogens (tertiary/aromatic N) is 1. The van der Waals surface area contributed by atoms with Crippen molar-refractivity contribution >= 4 is 16.9 Å². The molecule has 2 nitrogen and oxygen atoms in total. The molecule has 0 aromatic rings. The Balaban J connectivity index is 1.79. The van der Waals surface area contributed by atoms with Crippen LogP contribution < -0.4 is 5.32 Å². The second kappa shape index (κ2) is 5.95. The minimum atomic E-state index is 0.568. The third-order valence-corrected chi connectivity index (χ3v) is 5.10. The lowest BCUT2D eigenvalue weighted by molar-refractivity contribution is 0.232. The van der Waals surface area contributed by atoms with Crippen molar-refractivity contribution in [3.05, 3.63) is 0 Å². The molecule has 0 radical (unpaired) electrons. The minimum absolute atomic E-state index is 0.568. The molecule has 0 aromatic heterocycles. The van der Waals surface area contributed by atoms with E-state index in [9.17, 15) is 0 Å². The summed E-state index contributed by atoms with van der Waals surface area (Å²) >= 11 is 1.96. The smallest absolute Gasteiger partial charge is 0.156 e. The van der Waals surface area contributed by atoms with E-state index in [0.717, 1.165) is 13.1 Å². The van der Waals surface area contributed by atoms with E-state index in [-0.39, 0.29) is 0 Å². The molecule has 92 valence electrons. The second-order valence-electron chi connectivity index (χ2n) is 5.25. The van der Waals surface area contributed by atoms with Gasteiger partial charge in [-0.05, 0) is 24.7 Å². The van der Waals surface area contributed by atoms with E-state index < -0.39 is 0 Å². The predicted octanol–water partition coefficient (Wildman–Crippen LogP) is 3.43. The summed E-state index contributed by atoms with van der Waals surface area (Å²) in [6.07, 6.45) is 9.62. The molecule has 1 aliphatic heterocycles. The van der Waals surface area contributed by atoms with Crippen LogP contribution in [0.25, 0.3) is 0 Å². The zero-order valence-corrected chi connectivity index (χ0v) is 11.2. The molecule has 1 saturated carbocycles. The Morgan fingerprint density at radius 2 is 2.12 bits per heavy atom. The van der Waals surface area contributed by atoms with Gasteiger partial charge in [-0.15, -0.1) is 0 Å². The topological polar surface area (TPSA) is 24.4 Å². The average Bonchev–Trinajstić information content (AvgIpc) is 2.33. The van der Waals surface area contributed by atoms with Crippen molar-refractivity contribution in [2.75, 3.05) is 18.8 Å². The van der Waals surface area contributed by atoms with E-state index in [1.165, 1.54) is 55.9 Å². The highest BCUT2D eigenvalue weighted by molar-refractivity contribution is 8.13. The highest BCUT2D eigenvalue weighted by atomic mass is 32.2. The first-order chi connectivity index (χ1) is 7.85. The molecule has 2 aliphatic rings. The summed E-state index contributed by atoms with van der Waals surface area (Å²) in [5.74, 6) is 1.30. The van der Waals surface area contributed by atoms with E-state index >= 15 is 0 Å². The molecule has 1 heterocycles. The summed E-state index contributed by atoms with van der Waals surface area (Å²) in [5, 5.41) is 4.66. The van der Waals surface area contributed by atoms with E-state index in [4.69, 9.17) is 4.99 Å². The SMILES string of the molecule is CCCCNC1=NCC2(CCCCC2)CS1. The lowest BCUT2D eigenvalue weighted by Crippen LogP contribution is -2.37. The second-order valence-corrected chi connectivity index (χ2v) is 6.22. The van der Waals surface area contributed by atoms with Crippen LogP contribution in [0.5, 0.6) is 0 Å². The van der Waals surface area contributed by atoms with Crippen LogP contribution in [0, 0.1) is 5.41 Å². The molecule has 16 heavy (non-hydrogen) atoms. The van der Waals surface area contributed by atoms with Crippen LogP contribution >= 0.6 is 11.8 Å². The van der Waals surface area contributed by atoms with E-state index in [1.807, 2.05) is 11.8 Å². The first kappa shape index (κ1) is 12.3. The molecule has 1 fully saturated rings. The van der Waals surface area contributed by atoms with Gasteiger partial charge in [-0.1, -0.05) is 44.4 Å². The third kappa shape index (κ3) is 3.16. The van der Waals surface area contributed by atoms with Gasteiger partial charge in [0.25, 0.3) is 0 Å². The monoisotopic (exact) mass is 240 g/mol. The molecule has 0 saturated heterocycles. The molecule has 1 aliphatic carbocycles. The maximum absolute atomic E-state index is 4.75. The Morgan fingerprint density at radius 1 is 1.31 bits per heavy atom. The van der Waals surface area contributed by atoms with Gasteiger partial charge in [0, 0.05) is 18.8 Å². The van der Waals surface area contributed by atoms with Crippen LogP contribution in [0.2, 0.25) is 0 Å². The van der Waals surface area contributed by atoms with E-state index in [2.05, 4.69) is 12.2 Å². The van der Waals surface area contributed by atoms with Gasteiger partial charge in [-0.25, -0.2) is 0 Å². The van der Waals surface area contributed by atoms with Crippen LogP contribution in [0.3, 0.4) is 0 Å². The van der Waals surface area contributed by atoms with Gasteiger partial charge in [0.05, 0.1) is 0 Å². The van der Waals surface area contributed by atoms with Crippen molar-refractivity contribution in [2.24, 2.45) is 10.4 Å². The number of hydrogen-bond acceptors (Lipinski definition) is 3. The van der Waals surface area contributed by atoms with Crippen LogP contribution in [0.1, 0.15) is 51.9 Å². The summed E-state index contributed by atoms with van der Waals surface area (Å²) in [4.78, 5) is 4.75. The van der Waals surface area contributed by atoms with Crippen molar-refractivity contribution in [1.29, 1.82) is 0 Å². The highest BCUT2D eigenvalue weighted by Gasteiger charge is 2.34. The van der Waals surface area contributed by atoms with Crippen LogP contribution in [0.4, 0.5) is 0 Å². The first-order valence-corrected chi connectivity index (χ1v) is 7.74. The fourth-order valence-electron chi connectivity index (χ4n) is 2.64. The van der Waals surface area contributed by atoms with Crippen LogP contribution in [-0.4, -0.2) is 24.0 Å². The molecule has 2 rings (SSSR count). The fraction of sp³-hybridized carbons (Fsp3) is 0.923. The Hall–Kier alpha value is -0.180. The zero-order chi connectivity index (χ0) is 11.3. The Kier molecular flexibility index (Phi) is 4.56. The van der Waals surface area contributed by atoms with Gasteiger partial charge in [0.2, 0.25) is 0 Å². The van der Waals surface area contributed by atoms with Crippen LogP contribution in [-0.2, 0) is 0 Å². The number of hydrogen-bond donors (Lipinski definition) is 1. The summed E-state index contributed by atoms with van der Waals surface area (Å²) in [7, 11) is 0. The number of amidine groups is 1. The molecule has 1 N–H and O–H groups in total. The summed E-state index contributed by atoms with van der Waals surface area (Å²) < 4.78 is 0. The number of unbranched alkanes of at least 4 members (excludes halogenated alkanes) is 1. The van der Waals surface area contributed by atoms with Crippen molar-refractivity contribution < 1.29 is 0 Å². The van der Waals surface area contributed by atoms with Gasteiger partial charge < -0.3 is 5.32 Å². The molecule has 0 aromatic carbocycles. The molecule has 3 heteroatoms. The Bertz CT molecular complexity index is 244. The van der Waals surface area contributed by atoms with Crippen molar-refractivity contribution in [3.8, 4) is 0 Å². The zero-order valence-electron chi connectivity index (χ0n) is 10.4. The highest BCUT2D eigenvalue weighted by Crippen LogP contribution is 2.41. The fourth-order valence-corrected chi connectivity index (χ4v) is 3.82. The molecule has 1 spiro atoms. The maximum Gasteiger partial charge on any atom is 0.156 e. The lowest BCUT2D eigenvalue weighted by atomic mass is 9.75. The van der Waals surface area contributed by atoms with Crippen molar-refractivity contribution in [1.82, 2.24) is 5.32 Å². The summed E-state index contributed by atoms with van der Waals surface area (Å²) in [5.41, 5.74) is 0.568. The standard InChI is InChI=1S/C13H24N2S/c1-2-3-9-14-12-15-10-13(11-16-12)7-5-4-6-8-13/h2-11H2,1H3,(H,14,15). The number of nitrogens with one attached hydrogen (secondary N) is 1. The van der Waals surface area contributed by atoms with Crippen molar-refractivity contribution in [3.63, 3.8) is 0 Å². The Labute approximate surface area is 104 Å². The molecule has 0 atom stereocenters. The predicted molar refractivity (Wildman–Crippen MR) is 73.2 cm³/mol. The summed E-state index contributed by atoms with van der Waals surface area (Å²) in [6.45, 7) is 4.40. The molecular weight excluding hydrogens is 216 g/mol. The number of thioether (sulfide) groups is 1. The third-order valence-electron chi connectivity index (χ3n) is 3.79. The normalized spacial score (nSPS) is 24.2. The molecule has 0 unspecified atom stereocenters. The molecule has 0 amide bonds. The van der Waals surface area contributed by atoms with Crippen LogP contribution in [0.15, 0.2) is 4.99 Å². The average molecular weight is 240 g/mol. The van der Waals surface area contributed by atoms with E-state index in [1.54, 1.807) is 0 Å². The van der Waals surface area contributed by atoms with Crippen molar-refractivity contribution in [2.45, 2.75) is 51.9 Å². The lowest BCUT2D eigenvalue weighted by Gasteiger charge is -2.38. The minimum Gasteiger partial charge on any atom is -0.365 e. The summed E-state index contributed by atoms with van der Waals surface area (Å²) in [6, 6.07) is 0.